The third-order valence-electron chi connectivity index (χ3n) is 23.3. The van der Waals surface area contributed by atoms with Gasteiger partial charge in [-0.3, -0.25) is 28.2 Å². The van der Waals surface area contributed by atoms with Gasteiger partial charge in [0.1, 0.15) is 73.1 Å². The highest BCUT2D eigenvalue weighted by Crippen LogP contribution is 2.46. The minimum absolute atomic E-state index is 0.00496. The Labute approximate surface area is 735 Å². The quantitative estimate of drug-likeness (QED) is 0.0183. The van der Waals surface area contributed by atoms with Crippen LogP contribution in [0.2, 0.25) is 0 Å². The Morgan fingerprint density at radius 1 is 0.408 bits per heavy atom. The van der Waals surface area contributed by atoms with Gasteiger partial charge in [-0.05, 0) is 25.7 Å². The van der Waals surface area contributed by atoms with Gasteiger partial charge in [0.25, 0.3) is 11.6 Å². The summed E-state index contributed by atoms with van der Waals surface area (Å²) < 4.78 is 90.8. The van der Waals surface area contributed by atoms with E-state index in [1.165, 1.54) is 0 Å². The van der Waals surface area contributed by atoms with Gasteiger partial charge in [-0.15, -0.1) is 0 Å². The lowest BCUT2D eigenvalue weighted by molar-refractivity contribution is -0.378. The highest BCUT2D eigenvalue weighted by atomic mass is 31.2. The number of carbonyl (C=O) groups excluding carboxylic acids is 4. The third-order valence-corrected chi connectivity index (χ3v) is 24.3. The van der Waals surface area contributed by atoms with Gasteiger partial charge in [0.05, 0.1) is 88.7 Å². The number of carbonyl (C=O) groups is 6. The van der Waals surface area contributed by atoms with Crippen molar-refractivity contribution in [3.63, 3.8) is 0 Å². The van der Waals surface area contributed by atoms with Crippen molar-refractivity contribution >= 4 is 51.3 Å². The number of carboxylic acid groups (broad SMARTS) is 2. The van der Waals surface area contributed by atoms with Gasteiger partial charge in [0.2, 0.25) is 11.8 Å². The lowest BCUT2D eigenvalue weighted by atomic mass is 9.90. The maximum Gasteiger partial charge on any atom is 0.472 e. The minimum atomic E-state index is -6.10. The van der Waals surface area contributed by atoms with Crippen LogP contribution in [0.4, 0.5) is 0 Å². The van der Waals surface area contributed by atoms with Crippen LogP contribution in [-0.4, -0.2) is 299 Å². The summed E-state index contributed by atoms with van der Waals surface area (Å²) in [6.45, 7) is 3.02. The topological polar surface area (TPSA) is 626 Å². The molecule has 125 heavy (non-hydrogen) atoms. The molecular formula is C84H154N2O37P2. The lowest BCUT2D eigenvalue weighted by Crippen LogP contribution is -2.69. The second-order valence-electron chi connectivity index (χ2n) is 34.3. The molecule has 0 aliphatic carbocycles. The molecule has 2 amide bonds. The van der Waals surface area contributed by atoms with Crippen LogP contribution in [0.25, 0.3) is 0 Å². The van der Waals surface area contributed by atoms with Gasteiger partial charge in [-0.25, -0.2) is 18.7 Å². The van der Waals surface area contributed by atoms with E-state index in [1.54, 1.807) is 0 Å². The number of ether oxygens (including phenoxy) is 9. The summed E-state index contributed by atoms with van der Waals surface area (Å²) in [6.07, 6.45) is -15.9. The van der Waals surface area contributed by atoms with Gasteiger partial charge < -0.3 is 144 Å². The number of esters is 2. The van der Waals surface area contributed by atoms with E-state index in [0.717, 1.165) is 180 Å². The number of aliphatic hydroxyl groups is 12. The predicted octanol–water partition coefficient (Wildman–Crippen LogP) is 6.21. The Morgan fingerprint density at radius 3 is 1.13 bits per heavy atom. The molecular weight excluding hydrogens is 1690 g/mol. The molecule has 4 fully saturated rings. The summed E-state index contributed by atoms with van der Waals surface area (Å²) in [5.74, 6) is -16.0. The van der Waals surface area contributed by atoms with E-state index in [2.05, 4.69) is 38.3 Å². The van der Waals surface area contributed by atoms with Crippen LogP contribution in [-0.2, 0) is 89.6 Å². The van der Waals surface area contributed by atoms with Crippen LogP contribution in [0.3, 0.4) is 0 Å². The molecule has 39 nitrogen and oxygen atoms in total. The van der Waals surface area contributed by atoms with Crippen molar-refractivity contribution in [3.05, 3.63) is 0 Å². The molecule has 4 saturated heterocycles. The SMILES string of the molecule is CCCCCCCCCCC[C@@H](O)CC(=O)N[C@@H]1C(OC(=O)C[C@H](O)CCCCCCCCCCC)[C@H](O)C(CO[C@H]2OC(CO[C@]3(C(=O)O)C[C@@H](O[C@]4(C(=O)O)CC(O)[C@@H](O)C([C@H](O)CO)O4)[C@@H](O)C([C@H](O)CO)O3)[C@@H](OP(=O)(O)O)C(OC(=O)C[C@H](O)CCCCCCCCCCC)[C@H]2NC(=O)C[C@H](O)CCCCCCCCCCC)O[C@@H]1OP(=O)(O)O. The average Bonchev–Trinajstić information content (AvgIpc) is 0.750. The van der Waals surface area contributed by atoms with E-state index in [4.69, 9.17) is 51.7 Å². The smallest absolute Gasteiger partial charge is 0.472 e. The summed E-state index contributed by atoms with van der Waals surface area (Å²) in [6, 6.07) is -4.34. The van der Waals surface area contributed by atoms with Gasteiger partial charge in [-0.1, -0.05) is 259 Å². The van der Waals surface area contributed by atoms with E-state index < -0.39 is 262 Å². The summed E-state index contributed by atoms with van der Waals surface area (Å²) in [7, 11) is -11.9. The van der Waals surface area contributed by atoms with Crippen LogP contribution < -0.4 is 10.6 Å². The number of phosphoric ester groups is 2. The Bertz CT molecular complexity index is 3090. The molecule has 4 aliphatic rings. The Kier molecular flexibility index (Phi) is 55.6. The zero-order valence-electron chi connectivity index (χ0n) is 73.8. The third kappa shape index (κ3) is 42.8. The predicted molar refractivity (Wildman–Crippen MR) is 448 cm³/mol. The normalized spacial score (nSPS) is 28.3. The Balaban J connectivity index is 1.93. The van der Waals surface area contributed by atoms with Crippen molar-refractivity contribution in [1.82, 2.24) is 10.6 Å². The van der Waals surface area contributed by atoms with E-state index in [1.807, 2.05) is 0 Å². The first-order valence-corrected chi connectivity index (χ1v) is 49.0. The second-order valence-corrected chi connectivity index (χ2v) is 36.7. The van der Waals surface area contributed by atoms with Crippen molar-refractivity contribution in [1.29, 1.82) is 0 Å². The number of amides is 2. The first-order valence-electron chi connectivity index (χ1n) is 46.0. The van der Waals surface area contributed by atoms with E-state index in [0.29, 0.717) is 51.4 Å². The lowest BCUT2D eigenvalue weighted by Gasteiger charge is -2.50. The Morgan fingerprint density at radius 2 is 0.752 bits per heavy atom. The maximum absolute atomic E-state index is 14.7. The number of aliphatic hydroxyl groups excluding tert-OH is 12. The fourth-order valence-electron chi connectivity index (χ4n) is 16.2. The zero-order valence-corrected chi connectivity index (χ0v) is 75.5. The van der Waals surface area contributed by atoms with E-state index in [9.17, 15) is 129 Å². The molecule has 0 aromatic carbocycles. The number of carboxylic acids is 2. The van der Waals surface area contributed by atoms with Crippen LogP contribution in [0, 0.1) is 0 Å². The number of aliphatic carboxylic acids is 2. The van der Waals surface area contributed by atoms with Crippen LogP contribution >= 0.6 is 15.6 Å². The summed E-state index contributed by atoms with van der Waals surface area (Å²) in [5.41, 5.74) is 0. The molecule has 20 N–H and O–H groups in total. The van der Waals surface area contributed by atoms with Crippen LogP contribution in [0.5, 0.6) is 0 Å². The minimum Gasteiger partial charge on any atom is -0.477 e. The van der Waals surface area contributed by atoms with Gasteiger partial charge in [0.15, 0.2) is 24.8 Å². The van der Waals surface area contributed by atoms with Crippen molar-refractivity contribution in [3.8, 4) is 0 Å². The van der Waals surface area contributed by atoms with Crippen LogP contribution in [0.1, 0.15) is 323 Å². The molecule has 732 valence electrons. The average molecular weight is 1850 g/mol. The molecule has 0 radical (unpaired) electrons. The highest BCUT2D eigenvalue weighted by Gasteiger charge is 2.63. The standard InChI is InChI=1S/C84H154N2O37P2/c1-5-9-13-17-21-25-29-33-37-41-55(89)45-65(96)85-69-77(117-67(98)47-57(91)43-39-35-31-27-23-19-15-11-7-3)73(102)63(115-80(69)123-125(110,111)112)53-113-79-70(86-66(97)46-56(90)42-38-34-30-26-22-18-14-10-6-2)78(118-68(99)48-58(92)44-40-36-32-28-24-20-16-12-8-4)76(122-124(107,108)109)64(116-79)54-114-83(81(103)104)50-62(72(101)75(120-83)61(95)52-88)119-84(82(105)106)49-59(93)71(100)74(121-84)60(94)51-87/h55-64,69-80,87-95,100-102H,5-54H2,1-4H3,(H,85,96)(H,86,97)(H,103,104)(H,105,106)(H2,107,108,109)(H2,110,111,112)/t55-,56-,57-,58-,59?,60-,61-,62-,63?,64?,69-,70-,71-,72-,73-,74?,75?,76-,77?,78?,79+,80-,83-,84-/m1/s1. The number of rotatable bonds is 70. The zero-order chi connectivity index (χ0) is 92.7. The molecule has 24 atom stereocenters. The fourth-order valence-corrected chi connectivity index (χ4v) is 17.3. The largest absolute Gasteiger partial charge is 0.477 e. The molecule has 41 heteroatoms. The van der Waals surface area contributed by atoms with Crippen molar-refractivity contribution in [2.24, 2.45) is 0 Å². The molecule has 0 bridgehead atoms. The first-order chi connectivity index (χ1) is 59.4. The number of hydrogen-bond donors (Lipinski definition) is 20. The number of hydrogen-bond acceptors (Lipinski definition) is 31. The van der Waals surface area contributed by atoms with Gasteiger partial charge >= 0.3 is 39.5 Å². The maximum atomic E-state index is 14.7. The number of phosphoric acid groups is 2. The van der Waals surface area contributed by atoms with Crippen molar-refractivity contribution in [2.45, 2.75) is 469 Å². The molecule has 0 saturated carbocycles. The molecule has 0 aromatic heterocycles. The molecule has 0 aromatic rings. The van der Waals surface area contributed by atoms with E-state index >= 15 is 0 Å². The second kappa shape index (κ2) is 61.2. The molecule has 4 heterocycles. The van der Waals surface area contributed by atoms with Crippen LogP contribution in [0.15, 0.2) is 0 Å². The number of nitrogens with one attached hydrogen (secondary N) is 2. The first kappa shape index (κ1) is 114. The Hall–Kier alpha value is -3.72. The fraction of sp³-hybridized carbons (Fsp3) is 0.929. The summed E-state index contributed by atoms with van der Waals surface area (Å²) in [4.78, 5) is 128. The van der Waals surface area contributed by atoms with Crippen molar-refractivity contribution in [2.75, 3.05) is 26.4 Å². The summed E-state index contributed by atoms with van der Waals surface area (Å²) >= 11 is 0. The van der Waals surface area contributed by atoms with Crippen molar-refractivity contribution < 1.29 is 181 Å². The monoisotopic (exact) mass is 1840 g/mol. The highest BCUT2D eigenvalue weighted by molar-refractivity contribution is 7.46. The van der Waals surface area contributed by atoms with E-state index in [-0.39, 0.29) is 25.7 Å². The molecule has 4 aliphatic heterocycles. The molecule has 7 unspecified atom stereocenters. The molecule has 0 spiro atoms. The van der Waals surface area contributed by atoms with Gasteiger partial charge in [-0.2, -0.15) is 0 Å². The number of unbranched alkanes of at least 4 members (excludes halogenated alkanes) is 32. The van der Waals surface area contributed by atoms with Gasteiger partial charge in [0, 0.05) is 12.8 Å². The summed E-state index contributed by atoms with van der Waals surface area (Å²) in [5, 5.41) is 161. The molecule has 4 rings (SSSR count).